The molecule has 1 aromatic heterocycles. The molecule has 1 aliphatic carbocycles. The van der Waals surface area contributed by atoms with Crippen LogP contribution in [-0.2, 0) is 6.42 Å². The second-order valence-corrected chi connectivity index (χ2v) is 6.04. The first-order chi connectivity index (χ1) is 9.70. The lowest BCUT2D eigenvalue weighted by Crippen LogP contribution is -2.45. The van der Waals surface area contributed by atoms with Gasteiger partial charge in [-0.1, -0.05) is 6.42 Å². The van der Waals surface area contributed by atoms with E-state index in [9.17, 15) is 4.79 Å². The highest BCUT2D eigenvalue weighted by Crippen LogP contribution is 2.47. The molecule has 0 aromatic carbocycles. The zero-order valence-electron chi connectivity index (χ0n) is 11.7. The van der Waals surface area contributed by atoms with E-state index in [-0.39, 0.29) is 17.5 Å². The maximum absolute atomic E-state index is 12.2. The molecule has 5 heteroatoms. The molecule has 1 saturated heterocycles. The average Bonchev–Trinajstić information content (AvgIpc) is 2.78. The van der Waals surface area contributed by atoms with E-state index in [1.165, 1.54) is 24.8 Å². The minimum atomic E-state index is 0.0262. The van der Waals surface area contributed by atoms with Crippen LogP contribution in [0.25, 0.3) is 0 Å². The quantitative estimate of drug-likeness (QED) is 0.868. The maximum atomic E-state index is 12.2. The lowest BCUT2D eigenvalue weighted by molar-refractivity contribution is 0.125. The highest BCUT2D eigenvalue weighted by atomic mass is 16.2. The third-order valence-electron chi connectivity index (χ3n) is 4.79. The molecule has 0 bridgehead atoms. The van der Waals surface area contributed by atoms with E-state index in [1.54, 1.807) is 12.4 Å². The fourth-order valence-electron chi connectivity index (χ4n) is 3.28. The van der Waals surface area contributed by atoms with Crippen molar-refractivity contribution in [1.82, 2.24) is 15.2 Å². The topological polar surface area (TPSA) is 71.2 Å². The molecule has 1 spiro atoms. The number of likely N-dealkylation sites (tertiary alicyclic amines) is 1. The van der Waals surface area contributed by atoms with Gasteiger partial charge in [-0.25, -0.2) is 4.79 Å². The summed E-state index contributed by atoms with van der Waals surface area (Å²) in [7, 11) is 0. The molecule has 20 heavy (non-hydrogen) atoms. The van der Waals surface area contributed by atoms with E-state index >= 15 is 0 Å². The van der Waals surface area contributed by atoms with E-state index in [1.807, 2.05) is 17.0 Å². The summed E-state index contributed by atoms with van der Waals surface area (Å²) in [6.45, 7) is 2.18. The third kappa shape index (κ3) is 2.50. The van der Waals surface area contributed by atoms with Crippen molar-refractivity contribution in [3.05, 3.63) is 30.1 Å². The summed E-state index contributed by atoms with van der Waals surface area (Å²) in [5.74, 6) is 0. The molecule has 2 amide bonds. The maximum Gasteiger partial charge on any atom is 0.317 e. The number of hydrogen-bond donors (Lipinski definition) is 2. The first kappa shape index (κ1) is 13.4. The van der Waals surface area contributed by atoms with Crippen LogP contribution in [0.15, 0.2) is 24.5 Å². The van der Waals surface area contributed by atoms with E-state index in [0.717, 1.165) is 13.0 Å². The summed E-state index contributed by atoms with van der Waals surface area (Å²) >= 11 is 0. The van der Waals surface area contributed by atoms with Gasteiger partial charge in [-0.15, -0.1) is 0 Å². The minimum absolute atomic E-state index is 0.0262. The SMILES string of the molecule is NC1CN(C(=O)NCCc2ccncc2)CC12CCC2. The summed E-state index contributed by atoms with van der Waals surface area (Å²) in [5, 5.41) is 2.99. The molecule has 2 aliphatic rings. The fourth-order valence-corrected chi connectivity index (χ4v) is 3.28. The highest BCUT2D eigenvalue weighted by Gasteiger charge is 2.49. The monoisotopic (exact) mass is 274 g/mol. The molecule has 3 rings (SSSR count). The van der Waals surface area contributed by atoms with Crippen molar-refractivity contribution >= 4 is 6.03 Å². The van der Waals surface area contributed by atoms with Crippen LogP contribution >= 0.6 is 0 Å². The lowest BCUT2D eigenvalue weighted by Gasteiger charge is -2.41. The van der Waals surface area contributed by atoms with Crippen molar-refractivity contribution < 1.29 is 4.79 Å². The molecular formula is C15H22N4O. The van der Waals surface area contributed by atoms with Gasteiger partial charge in [0.15, 0.2) is 0 Å². The number of nitrogens with zero attached hydrogens (tertiary/aromatic N) is 2. The number of nitrogens with one attached hydrogen (secondary N) is 1. The van der Waals surface area contributed by atoms with Gasteiger partial charge in [0.25, 0.3) is 0 Å². The largest absolute Gasteiger partial charge is 0.338 e. The number of aromatic nitrogens is 1. The van der Waals surface area contributed by atoms with Crippen LogP contribution in [0, 0.1) is 5.41 Å². The Morgan fingerprint density at radius 2 is 2.20 bits per heavy atom. The molecule has 1 atom stereocenters. The van der Waals surface area contributed by atoms with Crippen LogP contribution in [0.2, 0.25) is 0 Å². The molecule has 1 saturated carbocycles. The van der Waals surface area contributed by atoms with Crippen molar-refractivity contribution in [2.75, 3.05) is 19.6 Å². The van der Waals surface area contributed by atoms with Gasteiger partial charge in [-0.2, -0.15) is 0 Å². The summed E-state index contributed by atoms with van der Waals surface area (Å²) in [6.07, 6.45) is 7.99. The normalized spacial score (nSPS) is 23.6. The Morgan fingerprint density at radius 3 is 2.80 bits per heavy atom. The van der Waals surface area contributed by atoms with Crippen molar-refractivity contribution in [2.45, 2.75) is 31.7 Å². The van der Waals surface area contributed by atoms with Crippen LogP contribution in [0.1, 0.15) is 24.8 Å². The summed E-state index contributed by atoms with van der Waals surface area (Å²) in [5.41, 5.74) is 7.61. The first-order valence-corrected chi connectivity index (χ1v) is 7.37. The zero-order chi connectivity index (χ0) is 14.0. The van der Waals surface area contributed by atoms with E-state index in [2.05, 4.69) is 10.3 Å². The molecule has 3 N–H and O–H groups in total. The van der Waals surface area contributed by atoms with Gasteiger partial charge in [-0.3, -0.25) is 4.98 Å². The Bertz CT molecular complexity index is 472. The average molecular weight is 274 g/mol. The van der Waals surface area contributed by atoms with Gasteiger partial charge in [0, 0.05) is 43.5 Å². The zero-order valence-corrected chi connectivity index (χ0v) is 11.7. The van der Waals surface area contributed by atoms with E-state index in [0.29, 0.717) is 13.1 Å². The number of amides is 2. The smallest absolute Gasteiger partial charge is 0.317 e. The van der Waals surface area contributed by atoms with Crippen LogP contribution in [0.4, 0.5) is 4.79 Å². The molecular weight excluding hydrogens is 252 g/mol. The Labute approximate surface area is 119 Å². The van der Waals surface area contributed by atoms with Gasteiger partial charge in [0.2, 0.25) is 0 Å². The Hall–Kier alpha value is -1.62. The summed E-state index contributed by atoms with van der Waals surface area (Å²) < 4.78 is 0. The minimum Gasteiger partial charge on any atom is -0.338 e. The van der Waals surface area contributed by atoms with Gasteiger partial charge >= 0.3 is 6.03 Å². The van der Waals surface area contributed by atoms with Crippen LogP contribution in [0.5, 0.6) is 0 Å². The van der Waals surface area contributed by atoms with Crippen molar-refractivity contribution in [3.63, 3.8) is 0 Å². The van der Waals surface area contributed by atoms with Gasteiger partial charge in [-0.05, 0) is 37.0 Å². The summed E-state index contributed by atoms with van der Waals surface area (Å²) in [6, 6.07) is 4.13. The number of rotatable bonds is 3. The molecule has 0 radical (unpaired) electrons. The fraction of sp³-hybridized carbons (Fsp3) is 0.600. The first-order valence-electron chi connectivity index (χ1n) is 7.37. The molecule has 1 unspecified atom stereocenters. The van der Waals surface area contributed by atoms with Crippen molar-refractivity contribution in [3.8, 4) is 0 Å². The Balaban J connectivity index is 1.46. The molecule has 108 valence electrons. The second kappa shape index (κ2) is 5.40. The summed E-state index contributed by atoms with van der Waals surface area (Å²) in [4.78, 5) is 18.0. The number of carbonyl (C=O) groups excluding carboxylic acids is 1. The number of nitrogens with two attached hydrogens (primary N) is 1. The lowest BCUT2D eigenvalue weighted by atomic mass is 9.66. The van der Waals surface area contributed by atoms with Gasteiger partial charge in [0.05, 0.1) is 0 Å². The molecule has 1 aliphatic heterocycles. The molecule has 5 nitrogen and oxygen atoms in total. The molecule has 2 heterocycles. The third-order valence-corrected chi connectivity index (χ3v) is 4.79. The number of carbonyl (C=O) groups is 1. The van der Waals surface area contributed by atoms with Crippen molar-refractivity contribution in [2.24, 2.45) is 11.1 Å². The number of pyridine rings is 1. The molecule has 2 fully saturated rings. The molecule has 1 aromatic rings. The van der Waals surface area contributed by atoms with Gasteiger partial charge in [0.1, 0.15) is 0 Å². The van der Waals surface area contributed by atoms with Gasteiger partial charge < -0.3 is 16.0 Å². The number of hydrogen-bond acceptors (Lipinski definition) is 3. The van der Waals surface area contributed by atoms with Crippen LogP contribution in [0.3, 0.4) is 0 Å². The predicted octanol–water partition coefficient (Wildman–Crippen LogP) is 1.15. The number of urea groups is 1. The Kier molecular flexibility index (Phi) is 3.61. The predicted molar refractivity (Wildman–Crippen MR) is 77.2 cm³/mol. The van der Waals surface area contributed by atoms with E-state index < -0.39 is 0 Å². The van der Waals surface area contributed by atoms with E-state index in [4.69, 9.17) is 5.73 Å². The standard InChI is InChI=1S/C15H22N4O/c16-13-10-19(11-15(13)5-1-6-15)14(20)18-9-4-12-2-7-17-8-3-12/h2-3,7-8,13H,1,4-6,9-11,16H2,(H,18,20). The van der Waals surface area contributed by atoms with Crippen LogP contribution < -0.4 is 11.1 Å². The van der Waals surface area contributed by atoms with Crippen molar-refractivity contribution in [1.29, 1.82) is 0 Å². The Morgan fingerprint density at radius 1 is 1.45 bits per heavy atom. The van der Waals surface area contributed by atoms with Crippen LogP contribution in [-0.4, -0.2) is 41.6 Å². The second-order valence-electron chi connectivity index (χ2n) is 6.04. The highest BCUT2D eigenvalue weighted by molar-refractivity contribution is 5.74.